The van der Waals surface area contributed by atoms with E-state index in [1.807, 2.05) is 6.26 Å². The van der Waals surface area contributed by atoms with E-state index in [4.69, 9.17) is 5.73 Å². The van der Waals surface area contributed by atoms with Gasteiger partial charge in [-0.15, -0.1) is 0 Å². The second kappa shape index (κ2) is 5.15. The van der Waals surface area contributed by atoms with E-state index in [1.54, 1.807) is 0 Å². The summed E-state index contributed by atoms with van der Waals surface area (Å²) in [6, 6.07) is 2.15. The Balaban J connectivity index is 2.05. The Morgan fingerprint density at radius 3 is 2.44 bits per heavy atom. The number of rotatable bonds is 3. The molecule has 0 aliphatic carbocycles. The summed E-state index contributed by atoms with van der Waals surface area (Å²) in [6.45, 7) is 2.23. The summed E-state index contributed by atoms with van der Waals surface area (Å²) in [4.78, 5) is 2.62. The van der Waals surface area contributed by atoms with Crippen LogP contribution in [0.25, 0.3) is 0 Å². The smallest absolute Gasteiger partial charge is 0.0385 e. The van der Waals surface area contributed by atoms with Crippen LogP contribution in [0.1, 0.15) is 39.0 Å². The molecule has 2 N–H and O–H groups in total. The lowest BCUT2D eigenvalue weighted by Crippen LogP contribution is -2.59. The molecule has 2 bridgehead atoms. The zero-order valence-electron chi connectivity index (χ0n) is 10.4. The Kier molecular flexibility index (Phi) is 4.03. The SMILES string of the molecule is CC(CS(C)=O)N1C2CCCC1CC(N)C2. The van der Waals surface area contributed by atoms with Crippen LogP contribution in [0, 0.1) is 0 Å². The molecule has 94 valence electrons. The molecule has 2 saturated heterocycles. The van der Waals surface area contributed by atoms with Gasteiger partial charge in [-0.2, -0.15) is 0 Å². The van der Waals surface area contributed by atoms with Gasteiger partial charge < -0.3 is 5.73 Å². The highest BCUT2D eigenvalue weighted by atomic mass is 32.2. The molecule has 2 aliphatic rings. The molecule has 0 spiro atoms. The highest BCUT2D eigenvalue weighted by Gasteiger charge is 2.39. The summed E-state index contributed by atoms with van der Waals surface area (Å²) >= 11 is 0. The first-order valence-corrected chi connectivity index (χ1v) is 8.13. The molecule has 0 aromatic heterocycles. The molecule has 0 radical (unpaired) electrons. The van der Waals surface area contributed by atoms with Crippen molar-refractivity contribution < 1.29 is 4.21 Å². The number of piperidine rings is 2. The summed E-state index contributed by atoms with van der Waals surface area (Å²) < 4.78 is 11.3. The molecule has 16 heavy (non-hydrogen) atoms. The van der Waals surface area contributed by atoms with Gasteiger partial charge in [-0.25, -0.2) is 0 Å². The Hall–Kier alpha value is 0.0700. The van der Waals surface area contributed by atoms with Crippen molar-refractivity contribution in [3.05, 3.63) is 0 Å². The fraction of sp³-hybridized carbons (Fsp3) is 1.00. The van der Waals surface area contributed by atoms with Crippen molar-refractivity contribution in [2.75, 3.05) is 12.0 Å². The van der Waals surface area contributed by atoms with Gasteiger partial charge in [0, 0.05) is 47.0 Å². The second-order valence-corrected chi connectivity index (χ2v) is 6.99. The minimum atomic E-state index is -0.687. The largest absolute Gasteiger partial charge is 0.328 e. The fourth-order valence-corrected chi connectivity index (χ4v) is 4.46. The molecule has 3 nitrogen and oxygen atoms in total. The highest BCUT2D eigenvalue weighted by molar-refractivity contribution is 7.84. The van der Waals surface area contributed by atoms with Gasteiger partial charge in [-0.3, -0.25) is 9.11 Å². The molecule has 2 heterocycles. The Morgan fingerprint density at radius 2 is 1.94 bits per heavy atom. The van der Waals surface area contributed by atoms with E-state index in [1.165, 1.54) is 19.3 Å². The standard InChI is InChI=1S/C12H24N2OS/c1-9(8-16(2)15)14-11-4-3-5-12(14)7-10(13)6-11/h9-12H,3-8,13H2,1-2H3. The molecule has 0 aromatic carbocycles. The molecular weight excluding hydrogens is 220 g/mol. The van der Waals surface area contributed by atoms with E-state index < -0.39 is 10.8 Å². The van der Waals surface area contributed by atoms with Gasteiger partial charge in [0.2, 0.25) is 0 Å². The van der Waals surface area contributed by atoms with Crippen molar-refractivity contribution in [1.82, 2.24) is 4.90 Å². The summed E-state index contributed by atoms with van der Waals surface area (Å²) in [6.07, 6.45) is 7.99. The van der Waals surface area contributed by atoms with Crippen LogP contribution in [0.3, 0.4) is 0 Å². The lowest BCUT2D eigenvalue weighted by Gasteiger charge is -2.51. The van der Waals surface area contributed by atoms with E-state index in [9.17, 15) is 4.21 Å². The topological polar surface area (TPSA) is 46.3 Å². The third kappa shape index (κ3) is 2.66. The molecule has 4 unspecified atom stereocenters. The summed E-state index contributed by atoms with van der Waals surface area (Å²) in [7, 11) is -0.687. The van der Waals surface area contributed by atoms with E-state index in [0.717, 1.165) is 18.6 Å². The molecule has 0 amide bonds. The van der Waals surface area contributed by atoms with Gasteiger partial charge in [0.15, 0.2) is 0 Å². The lowest BCUT2D eigenvalue weighted by atomic mass is 9.81. The van der Waals surface area contributed by atoms with Crippen molar-refractivity contribution in [2.45, 2.75) is 63.2 Å². The van der Waals surface area contributed by atoms with Gasteiger partial charge in [0.05, 0.1) is 0 Å². The predicted octanol–water partition coefficient (Wildman–Crippen LogP) is 1.10. The van der Waals surface area contributed by atoms with Crippen molar-refractivity contribution in [3.8, 4) is 0 Å². The van der Waals surface area contributed by atoms with E-state index in [-0.39, 0.29) is 0 Å². The van der Waals surface area contributed by atoms with Crippen LogP contribution in [0.2, 0.25) is 0 Å². The van der Waals surface area contributed by atoms with Crippen LogP contribution in [0.15, 0.2) is 0 Å². The zero-order valence-corrected chi connectivity index (χ0v) is 11.2. The van der Waals surface area contributed by atoms with Crippen molar-refractivity contribution in [1.29, 1.82) is 0 Å². The molecule has 2 fully saturated rings. The highest BCUT2D eigenvalue weighted by Crippen LogP contribution is 2.34. The van der Waals surface area contributed by atoms with Crippen LogP contribution in [-0.4, -0.2) is 45.3 Å². The molecule has 0 saturated carbocycles. The number of nitrogens with zero attached hydrogens (tertiary/aromatic N) is 1. The fourth-order valence-electron chi connectivity index (χ4n) is 3.61. The quantitative estimate of drug-likeness (QED) is 0.808. The molecule has 2 aliphatic heterocycles. The van der Waals surface area contributed by atoms with Gasteiger partial charge in [0.1, 0.15) is 0 Å². The predicted molar refractivity (Wildman–Crippen MR) is 68.9 cm³/mol. The maximum Gasteiger partial charge on any atom is 0.0385 e. The van der Waals surface area contributed by atoms with Crippen molar-refractivity contribution >= 4 is 10.8 Å². The summed E-state index contributed by atoms with van der Waals surface area (Å²) in [5.74, 6) is 0.808. The summed E-state index contributed by atoms with van der Waals surface area (Å²) in [5, 5.41) is 0. The Bertz CT molecular complexity index is 258. The molecular formula is C12H24N2OS. The average molecular weight is 244 g/mol. The summed E-state index contributed by atoms with van der Waals surface area (Å²) in [5.41, 5.74) is 6.10. The number of fused-ring (bicyclic) bond motifs is 2. The van der Waals surface area contributed by atoms with Gasteiger partial charge in [-0.1, -0.05) is 6.42 Å². The normalized spacial score (nSPS) is 39.3. The maximum absolute atomic E-state index is 11.3. The number of nitrogens with two attached hydrogens (primary N) is 1. The van der Waals surface area contributed by atoms with E-state index >= 15 is 0 Å². The first-order valence-electron chi connectivity index (χ1n) is 6.41. The lowest BCUT2D eigenvalue weighted by molar-refractivity contribution is 0.00746. The minimum Gasteiger partial charge on any atom is -0.328 e. The van der Waals surface area contributed by atoms with Crippen molar-refractivity contribution in [3.63, 3.8) is 0 Å². The van der Waals surface area contributed by atoms with Crippen LogP contribution >= 0.6 is 0 Å². The van der Waals surface area contributed by atoms with Crippen molar-refractivity contribution in [2.24, 2.45) is 5.73 Å². The van der Waals surface area contributed by atoms with E-state index in [0.29, 0.717) is 24.2 Å². The van der Waals surface area contributed by atoms with Gasteiger partial charge >= 0.3 is 0 Å². The third-order valence-corrected chi connectivity index (χ3v) is 5.00. The average Bonchev–Trinajstić information content (AvgIpc) is 2.14. The minimum absolute atomic E-state index is 0.394. The zero-order chi connectivity index (χ0) is 11.7. The Labute approximate surface area is 101 Å². The monoisotopic (exact) mass is 244 g/mol. The maximum atomic E-state index is 11.3. The second-order valence-electron chi connectivity index (χ2n) is 5.51. The van der Waals surface area contributed by atoms with Crippen LogP contribution < -0.4 is 5.73 Å². The van der Waals surface area contributed by atoms with Gasteiger partial charge in [-0.05, 0) is 32.6 Å². The number of hydrogen-bond acceptors (Lipinski definition) is 3. The van der Waals surface area contributed by atoms with Crippen LogP contribution in [0.4, 0.5) is 0 Å². The van der Waals surface area contributed by atoms with Gasteiger partial charge in [0.25, 0.3) is 0 Å². The van der Waals surface area contributed by atoms with Crippen LogP contribution in [-0.2, 0) is 10.8 Å². The van der Waals surface area contributed by atoms with E-state index in [2.05, 4.69) is 11.8 Å². The first-order chi connectivity index (χ1) is 7.58. The molecule has 0 aromatic rings. The number of hydrogen-bond donors (Lipinski definition) is 1. The third-order valence-electron chi connectivity index (χ3n) is 4.05. The van der Waals surface area contributed by atoms with Crippen LogP contribution in [0.5, 0.6) is 0 Å². The molecule has 4 atom stereocenters. The first kappa shape index (κ1) is 12.5. The Morgan fingerprint density at radius 1 is 1.38 bits per heavy atom. The molecule has 4 heteroatoms. The molecule has 2 rings (SSSR count).